The van der Waals surface area contributed by atoms with Crippen LogP contribution in [0.1, 0.15) is 32.4 Å². The molecule has 1 fully saturated rings. The van der Waals surface area contributed by atoms with Crippen LogP contribution in [0.25, 0.3) is 0 Å². The van der Waals surface area contributed by atoms with Crippen LogP contribution in [-0.2, 0) is 4.74 Å². The van der Waals surface area contributed by atoms with Gasteiger partial charge in [-0.2, -0.15) is 0 Å². The van der Waals surface area contributed by atoms with E-state index in [9.17, 15) is 18.4 Å². The van der Waals surface area contributed by atoms with Gasteiger partial charge in [-0.15, -0.1) is 0 Å². The summed E-state index contributed by atoms with van der Waals surface area (Å²) in [5.41, 5.74) is 0.297. The number of ether oxygens (including phenoxy) is 1. The third-order valence-electron chi connectivity index (χ3n) is 3.12. The van der Waals surface area contributed by atoms with E-state index in [1.54, 1.807) is 20.8 Å². The lowest BCUT2D eigenvalue weighted by atomic mass is 10.0. The second-order valence-electron chi connectivity index (χ2n) is 5.18. The molecular formula is C14H16F2N2O3. The second-order valence-corrected chi connectivity index (χ2v) is 5.18. The van der Waals surface area contributed by atoms with Gasteiger partial charge in [0.15, 0.2) is 11.6 Å². The van der Waals surface area contributed by atoms with Crippen molar-refractivity contribution in [3.05, 3.63) is 35.4 Å². The van der Waals surface area contributed by atoms with Gasteiger partial charge in [0.1, 0.15) is 12.1 Å². The molecule has 0 saturated carbocycles. The molecule has 1 heterocycles. The van der Waals surface area contributed by atoms with Gasteiger partial charge in [-0.05, 0) is 38.5 Å². The molecule has 7 heteroatoms. The van der Waals surface area contributed by atoms with E-state index in [4.69, 9.17) is 4.74 Å². The summed E-state index contributed by atoms with van der Waals surface area (Å²) < 4.78 is 31.4. The minimum atomic E-state index is -1.04. The molecule has 0 spiro atoms. The SMILES string of the molecule is CC(C)NC(=O)N1C(=O)OC(C)C1c1ccc(F)c(F)c1. The summed E-state index contributed by atoms with van der Waals surface area (Å²) in [4.78, 5) is 24.8. The quantitative estimate of drug-likeness (QED) is 0.913. The summed E-state index contributed by atoms with van der Waals surface area (Å²) >= 11 is 0. The molecular weight excluding hydrogens is 282 g/mol. The molecule has 1 aromatic carbocycles. The van der Waals surface area contributed by atoms with Crippen molar-refractivity contribution in [1.29, 1.82) is 0 Å². The normalized spacial score (nSPS) is 21.6. The number of halogens is 2. The van der Waals surface area contributed by atoms with Crippen molar-refractivity contribution >= 4 is 12.1 Å². The van der Waals surface area contributed by atoms with E-state index in [2.05, 4.69) is 5.32 Å². The Bertz CT molecular complexity index is 577. The van der Waals surface area contributed by atoms with E-state index in [0.29, 0.717) is 5.56 Å². The molecule has 2 rings (SSSR count). The van der Waals surface area contributed by atoms with Crippen LogP contribution in [0.4, 0.5) is 18.4 Å². The van der Waals surface area contributed by atoms with Crippen LogP contribution in [0.3, 0.4) is 0 Å². The van der Waals surface area contributed by atoms with Gasteiger partial charge in [-0.25, -0.2) is 23.3 Å². The first kappa shape index (κ1) is 15.2. The van der Waals surface area contributed by atoms with Crippen LogP contribution in [0, 0.1) is 11.6 Å². The van der Waals surface area contributed by atoms with Crippen LogP contribution < -0.4 is 5.32 Å². The molecule has 1 saturated heterocycles. The predicted molar refractivity (Wildman–Crippen MR) is 70.5 cm³/mol. The highest BCUT2D eigenvalue weighted by atomic mass is 19.2. The summed E-state index contributed by atoms with van der Waals surface area (Å²) in [6.07, 6.45) is -1.46. The van der Waals surface area contributed by atoms with E-state index in [0.717, 1.165) is 17.0 Å². The second kappa shape index (κ2) is 5.67. The zero-order valence-corrected chi connectivity index (χ0v) is 11.9. The van der Waals surface area contributed by atoms with E-state index < -0.39 is 35.9 Å². The largest absolute Gasteiger partial charge is 0.443 e. The van der Waals surface area contributed by atoms with Gasteiger partial charge in [-0.1, -0.05) is 6.07 Å². The van der Waals surface area contributed by atoms with Gasteiger partial charge in [0.25, 0.3) is 0 Å². The number of nitrogens with one attached hydrogen (secondary N) is 1. The average molecular weight is 298 g/mol. The molecule has 2 unspecified atom stereocenters. The van der Waals surface area contributed by atoms with Crippen LogP contribution >= 0.6 is 0 Å². The fourth-order valence-corrected chi connectivity index (χ4v) is 2.25. The monoisotopic (exact) mass is 298 g/mol. The molecule has 0 aliphatic carbocycles. The average Bonchev–Trinajstić information content (AvgIpc) is 2.67. The highest BCUT2D eigenvalue weighted by Gasteiger charge is 2.44. The number of urea groups is 1. The van der Waals surface area contributed by atoms with E-state index in [1.807, 2.05) is 0 Å². The number of hydrogen-bond donors (Lipinski definition) is 1. The topological polar surface area (TPSA) is 58.6 Å². The fraction of sp³-hybridized carbons (Fsp3) is 0.429. The molecule has 5 nitrogen and oxygen atoms in total. The van der Waals surface area contributed by atoms with Gasteiger partial charge < -0.3 is 10.1 Å². The Morgan fingerprint density at radius 3 is 2.57 bits per heavy atom. The smallest absolute Gasteiger partial charge is 0.419 e. The number of imide groups is 1. The molecule has 114 valence electrons. The number of nitrogens with zero attached hydrogens (tertiary/aromatic N) is 1. The highest BCUT2D eigenvalue weighted by Crippen LogP contribution is 2.33. The van der Waals surface area contributed by atoms with E-state index in [1.165, 1.54) is 6.07 Å². The van der Waals surface area contributed by atoms with Crippen LogP contribution in [-0.4, -0.2) is 29.2 Å². The van der Waals surface area contributed by atoms with Crippen LogP contribution in [0.2, 0.25) is 0 Å². The Labute approximate surface area is 120 Å². The van der Waals surface area contributed by atoms with Crippen molar-refractivity contribution in [2.45, 2.75) is 39.0 Å². The molecule has 0 radical (unpaired) electrons. The molecule has 0 aromatic heterocycles. The standard InChI is InChI=1S/C14H16F2N2O3/c1-7(2)17-13(19)18-12(8(3)21-14(18)20)9-4-5-10(15)11(16)6-9/h4-8,12H,1-3H3,(H,17,19). The summed E-state index contributed by atoms with van der Waals surface area (Å²) in [6.45, 7) is 5.08. The lowest BCUT2D eigenvalue weighted by Crippen LogP contribution is -2.45. The number of amides is 3. The summed E-state index contributed by atoms with van der Waals surface area (Å²) in [6, 6.07) is 1.65. The van der Waals surface area contributed by atoms with Crippen molar-refractivity contribution in [3.8, 4) is 0 Å². The summed E-state index contributed by atoms with van der Waals surface area (Å²) in [5.74, 6) is -2.03. The Kier molecular flexibility index (Phi) is 4.11. The van der Waals surface area contributed by atoms with Gasteiger partial charge in [0.2, 0.25) is 0 Å². The molecule has 1 aromatic rings. The first-order valence-corrected chi connectivity index (χ1v) is 6.56. The van der Waals surface area contributed by atoms with E-state index in [-0.39, 0.29) is 6.04 Å². The number of carbonyl (C=O) groups is 2. The van der Waals surface area contributed by atoms with Crippen molar-refractivity contribution in [1.82, 2.24) is 10.2 Å². The first-order valence-electron chi connectivity index (χ1n) is 6.56. The van der Waals surface area contributed by atoms with Gasteiger partial charge >= 0.3 is 12.1 Å². The molecule has 2 atom stereocenters. The minimum Gasteiger partial charge on any atom is -0.443 e. The maximum Gasteiger partial charge on any atom is 0.419 e. The van der Waals surface area contributed by atoms with Gasteiger partial charge in [-0.3, -0.25) is 0 Å². The maximum atomic E-state index is 13.4. The van der Waals surface area contributed by atoms with Crippen LogP contribution in [0.15, 0.2) is 18.2 Å². The lowest BCUT2D eigenvalue weighted by molar-refractivity contribution is 0.137. The third kappa shape index (κ3) is 2.96. The zero-order chi connectivity index (χ0) is 15.7. The number of carbonyl (C=O) groups excluding carboxylic acids is 2. The number of cyclic esters (lactones) is 1. The van der Waals surface area contributed by atoms with Crippen molar-refractivity contribution in [3.63, 3.8) is 0 Å². The Balaban J connectivity index is 2.35. The molecule has 1 aliphatic rings. The van der Waals surface area contributed by atoms with Gasteiger partial charge in [0, 0.05) is 6.04 Å². The maximum absolute atomic E-state index is 13.4. The molecule has 21 heavy (non-hydrogen) atoms. The van der Waals surface area contributed by atoms with Crippen molar-refractivity contribution in [2.24, 2.45) is 0 Å². The summed E-state index contributed by atoms with van der Waals surface area (Å²) in [7, 11) is 0. The molecule has 0 bridgehead atoms. The van der Waals surface area contributed by atoms with E-state index >= 15 is 0 Å². The number of hydrogen-bond acceptors (Lipinski definition) is 3. The zero-order valence-electron chi connectivity index (χ0n) is 11.9. The third-order valence-corrected chi connectivity index (χ3v) is 3.12. The predicted octanol–water partition coefficient (Wildman–Crippen LogP) is 2.96. The Hall–Kier alpha value is -2.18. The van der Waals surface area contributed by atoms with Crippen LogP contribution in [0.5, 0.6) is 0 Å². The fourth-order valence-electron chi connectivity index (χ4n) is 2.25. The molecule has 3 amide bonds. The first-order chi connectivity index (χ1) is 9.81. The molecule has 1 N–H and O–H groups in total. The minimum absolute atomic E-state index is 0.174. The number of benzene rings is 1. The summed E-state index contributed by atoms with van der Waals surface area (Å²) in [5, 5.41) is 2.58. The van der Waals surface area contributed by atoms with Crippen molar-refractivity contribution < 1.29 is 23.1 Å². The Morgan fingerprint density at radius 2 is 2.00 bits per heavy atom. The Morgan fingerprint density at radius 1 is 1.33 bits per heavy atom. The van der Waals surface area contributed by atoms with Crippen molar-refractivity contribution in [2.75, 3.05) is 0 Å². The number of rotatable bonds is 2. The molecule has 1 aliphatic heterocycles. The lowest BCUT2D eigenvalue weighted by Gasteiger charge is -2.23. The van der Waals surface area contributed by atoms with Gasteiger partial charge in [0.05, 0.1) is 0 Å². The highest BCUT2D eigenvalue weighted by molar-refractivity contribution is 5.93.